The number of hydrogen-bond donors (Lipinski definition) is 5. The Balaban J connectivity index is 1.49. The standard InChI is InChI=1S/C18H25N5O3S5Si/c1-24-32(17-23-6-11-31-17,25-12-13-19-2-7-27-13)26-18(14-20-3-8-28-14,15-21-4-9-29-15)16-22-5-10-30-16/h2-11,13-17,19-23H,12H2,1H3. The first kappa shape index (κ1) is 23.3. The fourth-order valence-electron chi connectivity index (χ4n) is 3.82. The molecule has 0 aromatic rings. The van der Waals surface area contributed by atoms with Crippen LogP contribution in [0.15, 0.2) is 58.0 Å². The van der Waals surface area contributed by atoms with Gasteiger partial charge in [0.05, 0.1) is 12.0 Å². The molecule has 0 aromatic heterocycles. The Bertz CT molecular complexity index is 738. The molecule has 5 aliphatic heterocycles. The van der Waals surface area contributed by atoms with Gasteiger partial charge in [0, 0.05) is 38.1 Å². The van der Waals surface area contributed by atoms with E-state index in [0.29, 0.717) is 6.61 Å². The fraction of sp³-hybridized carbons (Fsp3) is 0.444. The summed E-state index contributed by atoms with van der Waals surface area (Å²) in [5.74, 6) is 0. The number of hydrogen-bond acceptors (Lipinski definition) is 13. The zero-order valence-corrected chi connectivity index (χ0v) is 22.2. The molecule has 0 aromatic carbocycles. The Kier molecular flexibility index (Phi) is 7.60. The second-order valence-electron chi connectivity index (χ2n) is 7.11. The number of nitrogens with one attached hydrogen (secondary N) is 5. The third-order valence-electron chi connectivity index (χ3n) is 5.30. The van der Waals surface area contributed by atoms with Crippen LogP contribution in [0, 0.1) is 0 Å². The third kappa shape index (κ3) is 4.45. The minimum atomic E-state index is -3.28. The van der Waals surface area contributed by atoms with Gasteiger partial charge in [-0.15, -0.1) is 58.8 Å². The van der Waals surface area contributed by atoms with Crippen molar-refractivity contribution in [3.63, 3.8) is 0 Å². The van der Waals surface area contributed by atoms with E-state index in [1.807, 2.05) is 41.8 Å². The van der Waals surface area contributed by atoms with E-state index < -0.39 is 14.4 Å². The van der Waals surface area contributed by atoms with E-state index in [2.05, 4.69) is 42.8 Å². The van der Waals surface area contributed by atoms with Crippen molar-refractivity contribution in [3.8, 4) is 0 Å². The molecular weight excluding hydrogens is 523 g/mol. The van der Waals surface area contributed by atoms with Crippen molar-refractivity contribution in [1.29, 1.82) is 0 Å². The van der Waals surface area contributed by atoms with Gasteiger partial charge in [-0.3, -0.25) is 0 Å². The largest absolute Gasteiger partial charge is 0.536 e. The minimum Gasteiger partial charge on any atom is -0.377 e. The van der Waals surface area contributed by atoms with Crippen LogP contribution in [-0.2, 0) is 13.3 Å². The maximum absolute atomic E-state index is 7.31. The highest BCUT2D eigenvalue weighted by Crippen LogP contribution is 2.48. The summed E-state index contributed by atoms with van der Waals surface area (Å²) in [5.41, 5.74) is -0.710. The predicted molar refractivity (Wildman–Crippen MR) is 141 cm³/mol. The maximum atomic E-state index is 7.31. The summed E-state index contributed by atoms with van der Waals surface area (Å²) in [6, 6.07) is 0. The van der Waals surface area contributed by atoms with Crippen molar-refractivity contribution in [2.24, 2.45) is 0 Å². The van der Waals surface area contributed by atoms with Gasteiger partial charge in [0.15, 0.2) is 0 Å². The average Bonchev–Trinajstić information content (AvgIpc) is 3.68. The zero-order valence-electron chi connectivity index (χ0n) is 17.1. The first-order valence-electron chi connectivity index (χ1n) is 9.99. The maximum Gasteiger partial charge on any atom is 0.536 e. The second kappa shape index (κ2) is 10.4. The van der Waals surface area contributed by atoms with Crippen LogP contribution in [-0.4, -0.2) is 54.6 Å². The van der Waals surface area contributed by atoms with Crippen LogP contribution >= 0.6 is 58.8 Å². The molecule has 8 nitrogen and oxygen atoms in total. The van der Waals surface area contributed by atoms with E-state index in [1.54, 1.807) is 65.9 Å². The highest BCUT2D eigenvalue weighted by molar-refractivity contribution is 8.05. The molecule has 0 radical (unpaired) electrons. The summed E-state index contributed by atoms with van der Waals surface area (Å²) in [6.45, 7) is 0.475. The molecule has 6 unspecified atom stereocenters. The molecular formula is C18H25N5O3S5Si. The van der Waals surface area contributed by atoms with E-state index in [4.69, 9.17) is 13.3 Å². The molecule has 0 saturated heterocycles. The molecule has 0 amide bonds. The monoisotopic (exact) mass is 547 g/mol. The van der Waals surface area contributed by atoms with Crippen molar-refractivity contribution in [2.45, 2.75) is 32.1 Å². The van der Waals surface area contributed by atoms with Gasteiger partial charge in [0.25, 0.3) is 0 Å². The SMILES string of the molecule is CO[Si](OCC1NC=CS1)(OC(C1NC=CS1)(C1NC=CS1)C1NC=CS1)C1NC=CS1. The lowest BCUT2D eigenvalue weighted by molar-refractivity contribution is -0.0383. The smallest absolute Gasteiger partial charge is 0.377 e. The van der Waals surface area contributed by atoms with Crippen molar-refractivity contribution < 1.29 is 13.3 Å². The Labute approximate surface area is 210 Å². The van der Waals surface area contributed by atoms with Gasteiger partial charge in [-0.25, -0.2) is 0 Å². The molecule has 174 valence electrons. The molecule has 0 spiro atoms. The van der Waals surface area contributed by atoms with Gasteiger partial charge in [0.2, 0.25) is 0 Å². The lowest BCUT2D eigenvalue weighted by Crippen LogP contribution is -2.73. The van der Waals surface area contributed by atoms with Gasteiger partial charge in [-0.1, -0.05) is 0 Å². The molecule has 14 heteroatoms. The number of thioether (sulfide) groups is 5. The van der Waals surface area contributed by atoms with Crippen LogP contribution < -0.4 is 26.6 Å². The molecule has 0 aliphatic carbocycles. The molecule has 5 N–H and O–H groups in total. The van der Waals surface area contributed by atoms with E-state index in [9.17, 15) is 0 Å². The Morgan fingerprint density at radius 3 is 1.69 bits per heavy atom. The quantitative estimate of drug-likeness (QED) is 0.260. The molecule has 0 fully saturated rings. The predicted octanol–water partition coefficient (Wildman–Crippen LogP) is 2.55. The normalized spacial score (nSPS) is 35.7. The van der Waals surface area contributed by atoms with E-state index >= 15 is 0 Å². The van der Waals surface area contributed by atoms with Gasteiger partial charge >= 0.3 is 8.80 Å². The van der Waals surface area contributed by atoms with Crippen molar-refractivity contribution >= 4 is 67.6 Å². The van der Waals surface area contributed by atoms with E-state index in [0.717, 1.165) is 0 Å². The molecule has 0 saturated carbocycles. The van der Waals surface area contributed by atoms with E-state index in [-0.39, 0.29) is 26.5 Å². The van der Waals surface area contributed by atoms with Crippen molar-refractivity contribution in [1.82, 2.24) is 26.6 Å². The molecule has 5 aliphatic rings. The van der Waals surface area contributed by atoms with Crippen LogP contribution in [0.25, 0.3) is 0 Å². The van der Waals surface area contributed by atoms with Crippen molar-refractivity contribution in [2.75, 3.05) is 13.7 Å². The average molecular weight is 548 g/mol. The Morgan fingerprint density at radius 2 is 1.25 bits per heavy atom. The third-order valence-corrected chi connectivity index (χ3v) is 14.0. The summed E-state index contributed by atoms with van der Waals surface area (Å²) in [4.78, 5) is -0.135. The first-order valence-corrected chi connectivity index (χ1v) is 16.5. The Morgan fingerprint density at radius 1 is 0.719 bits per heavy atom. The van der Waals surface area contributed by atoms with Crippen LogP contribution in [0.3, 0.4) is 0 Å². The molecule has 5 rings (SSSR count). The summed E-state index contributed by atoms with van der Waals surface area (Å²) in [6.07, 6.45) is 9.84. The lowest BCUT2D eigenvalue weighted by Gasteiger charge is -2.50. The van der Waals surface area contributed by atoms with Crippen LogP contribution in [0.5, 0.6) is 0 Å². The van der Waals surface area contributed by atoms with E-state index in [1.165, 1.54) is 0 Å². The van der Waals surface area contributed by atoms with Gasteiger partial charge < -0.3 is 39.9 Å². The van der Waals surface area contributed by atoms with Gasteiger partial charge in [-0.05, 0) is 27.0 Å². The molecule has 6 atom stereocenters. The van der Waals surface area contributed by atoms with Gasteiger partial charge in [0.1, 0.15) is 26.7 Å². The summed E-state index contributed by atoms with van der Waals surface area (Å²) in [7, 11) is -1.57. The summed E-state index contributed by atoms with van der Waals surface area (Å²) >= 11 is 8.52. The topological polar surface area (TPSA) is 87.8 Å². The lowest BCUT2D eigenvalue weighted by atomic mass is 10.0. The molecule has 32 heavy (non-hydrogen) atoms. The van der Waals surface area contributed by atoms with Crippen molar-refractivity contribution in [3.05, 3.63) is 58.0 Å². The van der Waals surface area contributed by atoms with Crippen LogP contribution in [0.2, 0.25) is 0 Å². The first-order chi connectivity index (χ1) is 15.8. The highest BCUT2D eigenvalue weighted by atomic mass is 32.2. The van der Waals surface area contributed by atoms with Crippen LogP contribution in [0.4, 0.5) is 0 Å². The van der Waals surface area contributed by atoms with Crippen LogP contribution in [0.1, 0.15) is 0 Å². The zero-order chi connectivity index (χ0) is 21.9. The Hall–Kier alpha value is -0.453. The molecule has 5 heterocycles. The summed E-state index contributed by atoms with van der Waals surface area (Å²) in [5, 5.41) is 27.6. The minimum absolute atomic E-state index is 0.0389. The number of rotatable bonds is 10. The fourth-order valence-corrected chi connectivity index (χ4v) is 12.4. The molecule has 0 bridgehead atoms. The second-order valence-corrected chi connectivity index (χ2v) is 15.4. The van der Waals surface area contributed by atoms with Gasteiger partial charge in [-0.2, -0.15) is 0 Å². The summed E-state index contributed by atoms with van der Waals surface area (Å²) < 4.78 is 20.2. The highest BCUT2D eigenvalue weighted by Gasteiger charge is 2.64.